The minimum absolute atomic E-state index is 0.178. The molecule has 0 spiro atoms. The highest BCUT2D eigenvalue weighted by atomic mass is 35.5. The van der Waals surface area contributed by atoms with Crippen LogP contribution in [0.15, 0.2) is 36.5 Å². The summed E-state index contributed by atoms with van der Waals surface area (Å²) in [5, 5.41) is 10.5. The van der Waals surface area contributed by atoms with E-state index in [0.717, 1.165) is 29.7 Å². The van der Waals surface area contributed by atoms with Gasteiger partial charge in [0.1, 0.15) is 11.6 Å². The molecule has 0 radical (unpaired) electrons. The van der Waals surface area contributed by atoms with Crippen LogP contribution in [-0.4, -0.2) is 63.2 Å². The number of carboxylic acids is 1. The number of carbonyl (C=O) groups is 2. The summed E-state index contributed by atoms with van der Waals surface area (Å²) < 4.78 is 5.46. The molecule has 2 aliphatic rings. The lowest BCUT2D eigenvalue weighted by atomic mass is 9.95. The van der Waals surface area contributed by atoms with E-state index in [0.29, 0.717) is 11.6 Å². The van der Waals surface area contributed by atoms with E-state index in [1.165, 1.54) is 10.5 Å². The van der Waals surface area contributed by atoms with Gasteiger partial charge < -0.3 is 9.84 Å². The van der Waals surface area contributed by atoms with Crippen LogP contribution in [-0.2, 0) is 22.4 Å². The lowest BCUT2D eigenvalue weighted by Crippen LogP contribution is -2.59. The summed E-state index contributed by atoms with van der Waals surface area (Å²) in [7, 11) is 0. The number of hydrogen-bond acceptors (Lipinski definition) is 5. The normalized spacial score (nSPS) is 21.3. The molecule has 1 N–H and O–H groups in total. The number of carbonyl (C=O) groups excluding carboxylic acids is 1. The second kappa shape index (κ2) is 8.71. The van der Waals surface area contributed by atoms with Crippen LogP contribution < -0.4 is 0 Å². The minimum Gasteiger partial charge on any atom is -0.480 e. The molecular weight excluding hydrogens is 430 g/mol. The van der Waals surface area contributed by atoms with Crippen LogP contribution in [0.2, 0.25) is 5.02 Å². The van der Waals surface area contributed by atoms with Crippen molar-refractivity contribution in [3.63, 3.8) is 0 Å². The quantitative estimate of drug-likeness (QED) is 0.735. The number of aryl methyl sites for hydroxylation is 2. The van der Waals surface area contributed by atoms with E-state index < -0.39 is 23.7 Å². The van der Waals surface area contributed by atoms with Gasteiger partial charge in [-0.15, -0.1) is 0 Å². The molecule has 0 saturated carbocycles. The fourth-order valence-corrected chi connectivity index (χ4v) is 4.72. The van der Waals surface area contributed by atoms with E-state index in [1.807, 2.05) is 18.2 Å². The first-order chi connectivity index (χ1) is 15.1. The van der Waals surface area contributed by atoms with Crippen molar-refractivity contribution in [1.82, 2.24) is 14.8 Å². The predicted octanol–water partition coefficient (Wildman–Crippen LogP) is 3.93. The third-order valence-electron chi connectivity index (χ3n) is 5.93. The van der Waals surface area contributed by atoms with Crippen LogP contribution >= 0.6 is 11.6 Å². The molecule has 7 nitrogen and oxygen atoms in total. The molecule has 4 rings (SSSR count). The molecule has 8 heteroatoms. The minimum atomic E-state index is -1.05. The molecule has 2 aromatic rings. The Morgan fingerprint density at radius 1 is 1.16 bits per heavy atom. The topological polar surface area (TPSA) is 83.0 Å². The Kier molecular flexibility index (Phi) is 6.14. The first kappa shape index (κ1) is 22.6. The van der Waals surface area contributed by atoms with Gasteiger partial charge >= 0.3 is 12.1 Å². The van der Waals surface area contributed by atoms with Crippen molar-refractivity contribution in [3.05, 3.63) is 63.9 Å². The molecule has 1 aromatic heterocycles. The fraction of sp³-hybridized carbons (Fsp3) is 0.458. The fourth-order valence-electron chi connectivity index (χ4n) is 4.54. The number of nitrogens with zero attached hydrogens (tertiary/aromatic N) is 3. The highest BCUT2D eigenvalue weighted by Crippen LogP contribution is 2.37. The lowest BCUT2D eigenvalue weighted by molar-refractivity contribution is -0.146. The Labute approximate surface area is 192 Å². The maximum Gasteiger partial charge on any atom is 0.411 e. The number of fused-ring (bicyclic) bond motifs is 2. The van der Waals surface area contributed by atoms with Crippen LogP contribution in [0.3, 0.4) is 0 Å². The molecule has 1 aromatic carbocycles. The van der Waals surface area contributed by atoms with Crippen molar-refractivity contribution in [2.45, 2.75) is 51.3 Å². The van der Waals surface area contributed by atoms with E-state index in [2.05, 4.69) is 22.0 Å². The number of aliphatic carboxylic acids is 1. The Balaban J connectivity index is 1.70. The van der Waals surface area contributed by atoms with Crippen molar-refractivity contribution >= 4 is 23.7 Å². The number of aromatic nitrogens is 1. The second-order valence-electron chi connectivity index (χ2n) is 9.32. The van der Waals surface area contributed by atoms with Gasteiger partial charge in [0.2, 0.25) is 0 Å². The number of amides is 1. The number of hydrogen-bond donors (Lipinski definition) is 1. The number of ether oxygens (including phenoxy) is 1. The lowest BCUT2D eigenvalue weighted by Gasteiger charge is -2.43. The highest BCUT2D eigenvalue weighted by molar-refractivity contribution is 6.30. The molecular formula is C24H28ClN3O4. The van der Waals surface area contributed by atoms with E-state index >= 15 is 0 Å². The molecule has 1 fully saturated rings. The molecule has 1 aliphatic carbocycles. The van der Waals surface area contributed by atoms with Crippen molar-refractivity contribution < 1.29 is 19.4 Å². The number of halogens is 1. The van der Waals surface area contributed by atoms with Crippen molar-refractivity contribution in [1.29, 1.82) is 0 Å². The second-order valence-corrected chi connectivity index (χ2v) is 9.76. The van der Waals surface area contributed by atoms with Gasteiger partial charge in [-0.1, -0.05) is 35.9 Å². The van der Waals surface area contributed by atoms with Crippen LogP contribution in [0.4, 0.5) is 4.79 Å². The standard InChI is InChI=1S/C24H28ClN3O4/c1-24(2,3)32-23(31)28-11-10-27(14-19(28)22(29)30)21-18-7-5-4-6-15(18)8-9-16-12-17(25)13-26-20(16)21/h4-7,12-13,19,21H,8-11,14H2,1-3H3,(H,29,30)/t19-,21?/m1/s1. The maximum absolute atomic E-state index is 12.7. The third-order valence-corrected chi connectivity index (χ3v) is 6.14. The van der Waals surface area contributed by atoms with E-state index in [4.69, 9.17) is 16.3 Å². The van der Waals surface area contributed by atoms with E-state index in [-0.39, 0.29) is 19.1 Å². The smallest absolute Gasteiger partial charge is 0.411 e. The molecule has 170 valence electrons. The number of rotatable bonds is 2. The Bertz CT molecular complexity index is 1040. The summed E-state index contributed by atoms with van der Waals surface area (Å²) in [6, 6.07) is 8.95. The molecule has 2 heterocycles. The third kappa shape index (κ3) is 4.59. The van der Waals surface area contributed by atoms with Crippen LogP contribution in [0.5, 0.6) is 0 Å². The van der Waals surface area contributed by atoms with Gasteiger partial charge in [-0.3, -0.25) is 14.8 Å². The average Bonchev–Trinajstić information content (AvgIpc) is 2.88. The molecule has 1 unspecified atom stereocenters. The first-order valence-electron chi connectivity index (χ1n) is 10.8. The predicted molar refractivity (Wildman–Crippen MR) is 121 cm³/mol. The highest BCUT2D eigenvalue weighted by Gasteiger charge is 2.41. The maximum atomic E-state index is 12.7. The zero-order valence-corrected chi connectivity index (χ0v) is 19.3. The van der Waals surface area contributed by atoms with Crippen LogP contribution in [0.1, 0.15) is 49.2 Å². The Morgan fingerprint density at radius 3 is 2.59 bits per heavy atom. The molecule has 1 saturated heterocycles. The summed E-state index contributed by atoms with van der Waals surface area (Å²) in [5.41, 5.74) is 3.61. The van der Waals surface area contributed by atoms with Crippen molar-refractivity contribution in [2.75, 3.05) is 19.6 Å². The molecule has 32 heavy (non-hydrogen) atoms. The van der Waals surface area contributed by atoms with Crippen molar-refractivity contribution in [2.24, 2.45) is 0 Å². The van der Waals surface area contributed by atoms with Gasteiger partial charge in [0.15, 0.2) is 0 Å². The zero-order valence-electron chi connectivity index (χ0n) is 18.5. The van der Waals surface area contributed by atoms with E-state index in [9.17, 15) is 14.7 Å². The van der Waals surface area contributed by atoms with Gasteiger partial charge in [0, 0.05) is 25.8 Å². The summed E-state index contributed by atoms with van der Waals surface area (Å²) in [4.78, 5) is 33.0. The van der Waals surface area contributed by atoms with Gasteiger partial charge in [0.25, 0.3) is 0 Å². The molecule has 1 amide bonds. The van der Waals surface area contributed by atoms with E-state index in [1.54, 1.807) is 27.0 Å². The summed E-state index contributed by atoms with van der Waals surface area (Å²) >= 11 is 6.23. The van der Waals surface area contributed by atoms with Gasteiger partial charge in [-0.2, -0.15) is 0 Å². The molecule has 0 bridgehead atoms. The first-order valence-corrected chi connectivity index (χ1v) is 11.2. The van der Waals surface area contributed by atoms with Gasteiger partial charge in [-0.25, -0.2) is 9.59 Å². The van der Waals surface area contributed by atoms with Gasteiger partial charge in [-0.05, 0) is 56.4 Å². The van der Waals surface area contributed by atoms with Gasteiger partial charge in [0.05, 0.1) is 16.8 Å². The number of carboxylic acid groups (broad SMARTS) is 1. The summed E-state index contributed by atoms with van der Waals surface area (Å²) in [6.45, 7) is 6.25. The summed E-state index contributed by atoms with van der Waals surface area (Å²) in [6.07, 6.45) is 2.72. The van der Waals surface area contributed by atoms with Crippen LogP contribution in [0.25, 0.3) is 0 Å². The Morgan fingerprint density at radius 2 is 1.88 bits per heavy atom. The number of benzene rings is 1. The number of pyridine rings is 1. The molecule has 2 atom stereocenters. The van der Waals surface area contributed by atoms with Crippen LogP contribution in [0, 0.1) is 0 Å². The van der Waals surface area contributed by atoms with Crippen molar-refractivity contribution in [3.8, 4) is 0 Å². The zero-order chi connectivity index (χ0) is 23.0. The largest absolute Gasteiger partial charge is 0.480 e. The monoisotopic (exact) mass is 457 g/mol. The number of piperazine rings is 1. The Hall–Kier alpha value is -2.64. The molecule has 1 aliphatic heterocycles. The average molecular weight is 458 g/mol. The SMILES string of the molecule is CC(C)(C)OC(=O)N1CCN(C2c3ccccc3CCc3cc(Cl)cnc32)C[C@@H]1C(=O)O. The summed E-state index contributed by atoms with van der Waals surface area (Å²) in [5.74, 6) is -1.05.